The van der Waals surface area contributed by atoms with Crippen LogP contribution in [0.15, 0.2) is 97.2 Å². The van der Waals surface area contributed by atoms with E-state index in [1.54, 1.807) is 0 Å². The molecule has 0 aliphatic carbocycles. The molecule has 358 valence electrons. The Morgan fingerprint density at radius 2 is 0.635 bits per heavy atom. The van der Waals surface area contributed by atoms with Crippen molar-refractivity contribution in [1.29, 1.82) is 0 Å². The van der Waals surface area contributed by atoms with E-state index < -0.39 is 6.10 Å². The molecule has 1 atom stereocenters. The summed E-state index contributed by atoms with van der Waals surface area (Å²) in [6.07, 6.45) is 66.7. The average molecular weight is 875 g/mol. The molecule has 0 amide bonds. The van der Waals surface area contributed by atoms with E-state index >= 15 is 0 Å². The predicted molar refractivity (Wildman–Crippen MR) is 270 cm³/mol. The topological polar surface area (TPSA) is 78.9 Å². The van der Waals surface area contributed by atoms with Gasteiger partial charge in [0.2, 0.25) is 0 Å². The second-order valence-corrected chi connectivity index (χ2v) is 16.7. The summed E-state index contributed by atoms with van der Waals surface area (Å²) in [5.74, 6) is -0.960. The molecular weight excluding hydrogens is 781 g/mol. The third-order valence-electron chi connectivity index (χ3n) is 10.5. The number of ether oxygens (including phenoxy) is 3. The zero-order valence-corrected chi connectivity index (χ0v) is 40.8. The number of carbonyl (C=O) groups excluding carboxylic acids is 3. The molecule has 0 spiro atoms. The van der Waals surface area contributed by atoms with E-state index in [4.69, 9.17) is 14.2 Å². The second-order valence-electron chi connectivity index (χ2n) is 16.7. The van der Waals surface area contributed by atoms with E-state index in [2.05, 4.69) is 118 Å². The van der Waals surface area contributed by atoms with Gasteiger partial charge in [-0.05, 0) is 116 Å². The van der Waals surface area contributed by atoms with Gasteiger partial charge in [0.05, 0.1) is 0 Å². The minimum absolute atomic E-state index is 0.0996. The molecular formula is C57H94O6. The summed E-state index contributed by atoms with van der Waals surface area (Å²) in [4.78, 5) is 37.9. The summed E-state index contributed by atoms with van der Waals surface area (Å²) in [6, 6.07) is 0. The molecule has 6 heteroatoms. The molecule has 0 saturated carbocycles. The first kappa shape index (κ1) is 59.3. The molecule has 0 aromatic carbocycles. The molecule has 0 aliphatic heterocycles. The van der Waals surface area contributed by atoms with E-state index in [9.17, 15) is 14.4 Å². The molecule has 0 saturated heterocycles. The third-order valence-corrected chi connectivity index (χ3v) is 10.5. The molecule has 0 heterocycles. The van der Waals surface area contributed by atoms with Crippen LogP contribution in [0, 0.1) is 0 Å². The Labute approximate surface area is 387 Å². The lowest BCUT2D eigenvalue weighted by Crippen LogP contribution is -2.30. The van der Waals surface area contributed by atoms with Crippen molar-refractivity contribution in [3.8, 4) is 0 Å². The van der Waals surface area contributed by atoms with E-state index in [0.717, 1.165) is 135 Å². The molecule has 0 rings (SSSR count). The molecule has 0 radical (unpaired) electrons. The van der Waals surface area contributed by atoms with Gasteiger partial charge >= 0.3 is 17.9 Å². The lowest BCUT2D eigenvalue weighted by Gasteiger charge is -2.18. The van der Waals surface area contributed by atoms with Crippen molar-refractivity contribution in [2.45, 2.75) is 232 Å². The Bertz CT molecular complexity index is 1280. The van der Waals surface area contributed by atoms with Gasteiger partial charge in [0, 0.05) is 19.3 Å². The fraction of sp³-hybridized carbons (Fsp3) is 0.667. The maximum absolute atomic E-state index is 12.8. The first-order chi connectivity index (χ1) is 31.0. The van der Waals surface area contributed by atoms with Gasteiger partial charge in [-0.1, -0.05) is 189 Å². The van der Waals surface area contributed by atoms with Gasteiger partial charge < -0.3 is 14.2 Å². The molecule has 0 N–H and O–H groups in total. The highest BCUT2D eigenvalue weighted by molar-refractivity contribution is 5.71. The monoisotopic (exact) mass is 875 g/mol. The zero-order valence-electron chi connectivity index (χ0n) is 40.8. The van der Waals surface area contributed by atoms with Crippen molar-refractivity contribution in [2.24, 2.45) is 0 Å². The van der Waals surface area contributed by atoms with Gasteiger partial charge in [0.25, 0.3) is 0 Å². The van der Waals surface area contributed by atoms with Crippen LogP contribution < -0.4 is 0 Å². The SMILES string of the molecule is CC/C=C\C/C=C\C/C=C\C/C=C\C/C=C\CCCCCC(=O)OC[C@H](COC(=O)CCCCCCC/C=C\CCCC)OC(=O)CCCCCCC/C=C\C/C=C\CCCCC. The fourth-order valence-corrected chi connectivity index (χ4v) is 6.65. The molecule has 0 fully saturated rings. The van der Waals surface area contributed by atoms with Crippen molar-refractivity contribution >= 4 is 17.9 Å². The Morgan fingerprint density at radius 3 is 1.05 bits per heavy atom. The number of carbonyl (C=O) groups is 3. The summed E-state index contributed by atoms with van der Waals surface area (Å²) in [5.41, 5.74) is 0. The first-order valence-corrected chi connectivity index (χ1v) is 25.7. The third kappa shape index (κ3) is 49.2. The van der Waals surface area contributed by atoms with Crippen molar-refractivity contribution < 1.29 is 28.6 Å². The summed E-state index contributed by atoms with van der Waals surface area (Å²) < 4.78 is 16.7. The number of allylic oxidation sites excluding steroid dienone is 16. The minimum Gasteiger partial charge on any atom is -0.462 e. The van der Waals surface area contributed by atoms with Gasteiger partial charge in [-0.3, -0.25) is 14.4 Å². The zero-order chi connectivity index (χ0) is 45.8. The highest BCUT2D eigenvalue weighted by Crippen LogP contribution is 2.13. The smallest absolute Gasteiger partial charge is 0.306 e. The van der Waals surface area contributed by atoms with Gasteiger partial charge in [-0.15, -0.1) is 0 Å². The Hall–Kier alpha value is -3.67. The number of esters is 3. The average Bonchev–Trinajstić information content (AvgIpc) is 3.28. The van der Waals surface area contributed by atoms with Gasteiger partial charge in [0.15, 0.2) is 6.10 Å². The minimum atomic E-state index is -0.802. The molecule has 6 nitrogen and oxygen atoms in total. The fourth-order valence-electron chi connectivity index (χ4n) is 6.65. The molecule has 63 heavy (non-hydrogen) atoms. The first-order valence-electron chi connectivity index (χ1n) is 25.7. The van der Waals surface area contributed by atoms with E-state index in [1.807, 2.05) is 0 Å². The van der Waals surface area contributed by atoms with E-state index in [1.165, 1.54) is 51.4 Å². The summed E-state index contributed by atoms with van der Waals surface area (Å²) in [5, 5.41) is 0. The molecule has 0 aliphatic rings. The molecule has 0 aromatic heterocycles. The highest BCUT2D eigenvalue weighted by Gasteiger charge is 2.19. The lowest BCUT2D eigenvalue weighted by atomic mass is 10.1. The normalized spacial score (nSPS) is 12.9. The largest absolute Gasteiger partial charge is 0.462 e. The molecule has 0 bridgehead atoms. The van der Waals surface area contributed by atoms with Crippen LogP contribution >= 0.6 is 0 Å². The Morgan fingerprint density at radius 1 is 0.333 bits per heavy atom. The van der Waals surface area contributed by atoms with E-state index in [-0.39, 0.29) is 31.1 Å². The maximum atomic E-state index is 12.8. The van der Waals surface area contributed by atoms with Crippen LogP contribution in [-0.2, 0) is 28.6 Å². The molecule has 0 aromatic rings. The van der Waals surface area contributed by atoms with Crippen LogP contribution in [0.1, 0.15) is 226 Å². The highest BCUT2D eigenvalue weighted by atomic mass is 16.6. The lowest BCUT2D eigenvalue weighted by molar-refractivity contribution is -0.167. The van der Waals surface area contributed by atoms with Crippen molar-refractivity contribution in [1.82, 2.24) is 0 Å². The van der Waals surface area contributed by atoms with Crippen LogP contribution in [0.3, 0.4) is 0 Å². The van der Waals surface area contributed by atoms with E-state index in [0.29, 0.717) is 19.3 Å². The van der Waals surface area contributed by atoms with Crippen LogP contribution in [-0.4, -0.2) is 37.2 Å². The van der Waals surface area contributed by atoms with Gasteiger partial charge in [-0.2, -0.15) is 0 Å². The number of rotatable bonds is 45. The van der Waals surface area contributed by atoms with Crippen LogP contribution in [0.25, 0.3) is 0 Å². The van der Waals surface area contributed by atoms with Gasteiger partial charge in [0.1, 0.15) is 13.2 Å². The second kappa shape index (κ2) is 51.0. The predicted octanol–water partition coefficient (Wildman–Crippen LogP) is 17.0. The quantitative estimate of drug-likeness (QED) is 0.0262. The Kier molecular flexibility index (Phi) is 48.0. The van der Waals surface area contributed by atoms with Crippen molar-refractivity contribution in [2.75, 3.05) is 13.2 Å². The van der Waals surface area contributed by atoms with Gasteiger partial charge in [-0.25, -0.2) is 0 Å². The number of hydrogen-bond acceptors (Lipinski definition) is 6. The maximum Gasteiger partial charge on any atom is 0.306 e. The summed E-state index contributed by atoms with van der Waals surface area (Å²) >= 11 is 0. The van der Waals surface area contributed by atoms with Crippen LogP contribution in [0.4, 0.5) is 0 Å². The van der Waals surface area contributed by atoms with Crippen LogP contribution in [0.2, 0.25) is 0 Å². The van der Waals surface area contributed by atoms with Crippen LogP contribution in [0.5, 0.6) is 0 Å². The number of hydrogen-bond donors (Lipinski definition) is 0. The van der Waals surface area contributed by atoms with Crippen molar-refractivity contribution in [3.63, 3.8) is 0 Å². The Balaban J connectivity index is 4.47. The van der Waals surface area contributed by atoms with Crippen molar-refractivity contribution in [3.05, 3.63) is 97.2 Å². The molecule has 0 unspecified atom stereocenters. The summed E-state index contributed by atoms with van der Waals surface area (Å²) in [6.45, 7) is 6.40. The standard InChI is InChI=1S/C57H94O6/c1-4-7-10-13-16-19-22-24-26-27-28-29-31-32-35-38-41-44-47-50-56(59)62-53-54(52-61-55(58)49-46-43-40-37-34-21-18-15-12-9-6-3)63-57(60)51-48-45-42-39-36-33-30-25-23-20-17-14-11-8-5-2/h7,10,15-20,24-26,28-30,32,35,54H,4-6,8-9,11-14,21-23,27,31,33-34,36-53H2,1-3H3/b10-7-,18-15-,19-16-,20-17-,26-24-,29-28-,30-25-,35-32-/t54-/m0/s1. The number of unbranched alkanes of at least 4 members (excludes halogenated alkanes) is 18. The summed E-state index contributed by atoms with van der Waals surface area (Å²) in [7, 11) is 0.